The fourth-order valence-electron chi connectivity index (χ4n) is 1.52. The van der Waals surface area contributed by atoms with Crippen molar-refractivity contribution in [1.82, 2.24) is 0 Å². The smallest absolute Gasteiger partial charge is 0.168 e. The first-order chi connectivity index (χ1) is 8.01. The van der Waals surface area contributed by atoms with Crippen LogP contribution in [0.2, 0.25) is 0 Å². The van der Waals surface area contributed by atoms with Gasteiger partial charge in [-0.3, -0.25) is 4.79 Å². The van der Waals surface area contributed by atoms with Crippen LogP contribution in [0, 0.1) is 5.41 Å². The third kappa shape index (κ3) is 3.67. The number of carbonyl (C=O) groups is 1. The lowest BCUT2D eigenvalue weighted by molar-refractivity contribution is 0.0833. The van der Waals surface area contributed by atoms with E-state index in [1.54, 1.807) is 0 Å². The lowest BCUT2D eigenvalue weighted by Crippen LogP contribution is -2.23. The van der Waals surface area contributed by atoms with E-state index in [2.05, 4.69) is 0 Å². The quantitative estimate of drug-likeness (QED) is 0.699. The Labute approximate surface area is 104 Å². The predicted octanol–water partition coefficient (Wildman–Crippen LogP) is 3.84. The highest BCUT2D eigenvalue weighted by Crippen LogP contribution is 2.25. The minimum atomic E-state index is -0.276. The molecule has 0 aliphatic heterocycles. The minimum absolute atomic E-state index is 0.211. The van der Waals surface area contributed by atoms with Crippen molar-refractivity contribution in [2.75, 3.05) is 6.61 Å². The summed E-state index contributed by atoms with van der Waals surface area (Å²) in [5.41, 5.74) is 1.62. The summed E-state index contributed by atoms with van der Waals surface area (Å²) < 4.78 is 5.32. The average molecular weight is 234 g/mol. The lowest BCUT2D eigenvalue weighted by atomic mass is 9.82. The van der Waals surface area contributed by atoms with Crippen molar-refractivity contribution in [2.24, 2.45) is 5.41 Å². The van der Waals surface area contributed by atoms with Crippen molar-refractivity contribution in [2.45, 2.75) is 40.7 Å². The molecule has 0 fully saturated rings. The summed E-state index contributed by atoms with van der Waals surface area (Å²) in [6.07, 6.45) is 0.854. The summed E-state index contributed by atoms with van der Waals surface area (Å²) in [6.45, 7) is 9.32. The second kappa shape index (κ2) is 5.97. The van der Waals surface area contributed by atoms with Gasteiger partial charge in [-0.1, -0.05) is 45.0 Å². The van der Waals surface area contributed by atoms with Crippen LogP contribution in [0.25, 0.3) is 0 Å². The molecule has 0 radical (unpaired) electrons. The predicted molar refractivity (Wildman–Crippen MR) is 70.2 cm³/mol. The maximum atomic E-state index is 12.2. The molecule has 17 heavy (non-hydrogen) atoms. The lowest BCUT2D eigenvalue weighted by Gasteiger charge is -2.20. The summed E-state index contributed by atoms with van der Waals surface area (Å²) in [6, 6.07) is 7.73. The Kier molecular flexibility index (Phi) is 4.88. The van der Waals surface area contributed by atoms with Crippen LogP contribution in [0.15, 0.2) is 24.3 Å². The van der Waals surface area contributed by atoms with Gasteiger partial charge in [0.25, 0.3) is 0 Å². The molecule has 1 rings (SSSR count). The molecule has 94 valence electrons. The second-order valence-corrected chi connectivity index (χ2v) is 4.90. The monoisotopic (exact) mass is 234 g/mol. The van der Waals surface area contributed by atoms with Gasteiger partial charge in [-0.15, -0.1) is 0 Å². The zero-order valence-corrected chi connectivity index (χ0v) is 11.2. The van der Waals surface area contributed by atoms with Crippen molar-refractivity contribution in [3.05, 3.63) is 35.4 Å². The summed E-state index contributed by atoms with van der Waals surface area (Å²) in [5.74, 6) is 0.211. The van der Waals surface area contributed by atoms with Crippen LogP contribution in [0.4, 0.5) is 0 Å². The highest BCUT2D eigenvalue weighted by atomic mass is 16.5. The first-order valence-corrected chi connectivity index (χ1v) is 6.22. The normalized spacial score (nSPS) is 11.5. The van der Waals surface area contributed by atoms with Crippen LogP contribution in [0.1, 0.15) is 50.0 Å². The number of Topliss-reactive ketones (excluding diaryl/α,β-unsaturated/α-hetero) is 1. The zero-order valence-electron chi connectivity index (χ0n) is 11.2. The SMILES string of the molecule is CCOCc1ccc(C(=O)C(C)(C)CC)cc1. The van der Waals surface area contributed by atoms with Crippen molar-refractivity contribution in [3.63, 3.8) is 0 Å². The Morgan fingerprint density at radius 1 is 1.18 bits per heavy atom. The van der Waals surface area contributed by atoms with E-state index >= 15 is 0 Å². The Hall–Kier alpha value is -1.15. The molecule has 0 aliphatic carbocycles. The Bertz CT molecular complexity index is 363. The molecule has 2 nitrogen and oxygen atoms in total. The van der Waals surface area contributed by atoms with Crippen LogP contribution in [0.5, 0.6) is 0 Å². The maximum Gasteiger partial charge on any atom is 0.168 e. The molecule has 0 unspecified atom stereocenters. The molecule has 2 heteroatoms. The van der Waals surface area contributed by atoms with Gasteiger partial charge in [-0.2, -0.15) is 0 Å². The van der Waals surface area contributed by atoms with E-state index < -0.39 is 0 Å². The number of carbonyl (C=O) groups excluding carboxylic acids is 1. The average Bonchev–Trinajstić information content (AvgIpc) is 2.36. The fourth-order valence-corrected chi connectivity index (χ4v) is 1.52. The van der Waals surface area contributed by atoms with Gasteiger partial charge < -0.3 is 4.74 Å². The Morgan fingerprint density at radius 2 is 1.76 bits per heavy atom. The number of hydrogen-bond donors (Lipinski definition) is 0. The molecule has 1 aromatic carbocycles. The molecule has 1 aromatic rings. The van der Waals surface area contributed by atoms with Gasteiger partial charge in [0.15, 0.2) is 5.78 Å². The molecule has 0 bridgehead atoms. The molecule has 0 aliphatic rings. The molecule has 0 saturated heterocycles. The van der Waals surface area contributed by atoms with Gasteiger partial charge in [0, 0.05) is 17.6 Å². The van der Waals surface area contributed by atoms with Crippen molar-refractivity contribution in [1.29, 1.82) is 0 Å². The van der Waals surface area contributed by atoms with Crippen molar-refractivity contribution >= 4 is 5.78 Å². The van der Waals surface area contributed by atoms with E-state index in [4.69, 9.17) is 4.74 Å². The van der Waals surface area contributed by atoms with Crippen molar-refractivity contribution in [3.8, 4) is 0 Å². The minimum Gasteiger partial charge on any atom is -0.377 e. The summed E-state index contributed by atoms with van der Waals surface area (Å²) in [7, 11) is 0. The molecule has 0 amide bonds. The highest BCUT2D eigenvalue weighted by molar-refractivity contribution is 6.00. The zero-order chi connectivity index (χ0) is 12.9. The maximum absolute atomic E-state index is 12.2. The third-order valence-corrected chi connectivity index (χ3v) is 3.19. The fraction of sp³-hybridized carbons (Fsp3) is 0.533. The summed E-state index contributed by atoms with van der Waals surface area (Å²) in [5, 5.41) is 0. The number of hydrogen-bond acceptors (Lipinski definition) is 2. The molecular formula is C15H22O2. The van der Waals surface area contributed by atoms with E-state index in [1.165, 1.54) is 0 Å². The molecule has 0 heterocycles. The van der Waals surface area contributed by atoms with Crippen LogP contribution in [-0.4, -0.2) is 12.4 Å². The van der Waals surface area contributed by atoms with Crippen molar-refractivity contribution < 1.29 is 9.53 Å². The molecule has 0 atom stereocenters. The topological polar surface area (TPSA) is 26.3 Å². The van der Waals surface area contributed by atoms with Gasteiger partial charge in [-0.05, 0) is 18.9 Å². The molecular weight excluding hydrogens is 212 g/mol. The standard InChI is InChI=1S/C15H22O2/c1-5-15(3,4)14(16)13-9-7-12(8-10-13)11-17-6-2/h7-10H,5-6,11H2,1-4H3. The van der Waals surface area contributed by atoms with Crippen LogP contribution >= 0.6 is 0 Å². The molecule has 0 aromatic heterocycles. The van der Waals surface area contributed by atoms with Crippen LogP contribution in [0.3, 0.4) is 0 Å². The van der Waals surface area contributed by atoms with Gasteiger partial charge in [-0.25, -0.2) is 0 Å². The van der Waals surface area contributed by atoms with E-state index in [-0.39, 0.29) is 11.2 Å². The Balaban J connectivity index is 2.77. The summed E-state index contributed by atoms with van der Waals surface area (Å²) >= 11 is 0. The first-order valence-electron chi connectivity index (χ1n) is 6.22. The molecule has 0 saturated carbocycles. The number of ether oxygens (including phenoxy) is 1. The van der Waals surface area contributed by atoms with Crippen LogP contribution < -0.4 is 0 Å². The largest absolute Gasteiger partial charge is 0.377 e. The number of rotatable bonds is 6. The third-order valence-electron chi connectivity index (χ3n) is 3.19. The highest BCUT2D eigenvalue weighted by Gasteiger charge is 2.26. The van der Waals surface area contributed by atoms with Crippen LogP contribution in [-0.2, 0) is 11.3 Å². The van der Waals surface area contributed by atoms with Gasteiger partial charge in [0.2, 0.25) is 0 Å². The van der Waals surface area contributed by atoms with Gasteiger partial charge >= 0.3 is 0 Å². The first kappa shape index (κ1) is 13.9. The summed E-state index contributed by atoms with van der Waals surface area (Å²) in [4.78, 5) is 12.2. The van der Waals surface area contributed by atoms with Gasteiger partial charge in [0.1, 0.15) is 0 Å². The molecule has 0 N–H and O–H groups in total. The number of ketones is 1. The number of benzene rings is 1. The second-order valence-electron chi connectivity index (χ2n) is 4.90. The van der Waals surface area contributed by atoms with E-state index in [1.807, 2.05) is 52.0 Å². The van der Waals surface area contributed by atoms with Gasteiger partial charge in [0.05, 0.1) is 6.61 Å². The Morgan fingerprint density at radius 3 is 2.24 bits per heavy atom. The van der Waals surface area contributed by atoms with E-state index in [0.717, 1.165) is 17.5 Å². The van der Waals surface area contributed by atoms with E-state index in [0.29, 0.717) is 13.2 Å². The molecule has 0 spiro atoms. The van der Waals surface area contributed by atoms with E-state index in [9.17, 15) is 4.79 Å².